The number of isothiocyanates is 1. The first-order valence-electron chi connectivity index (χ1n) is 4.06. The number of rotatable bonds is 2. The molecule has 2 aromatic rings. The van der Waals surface area contributed by atoms with Crippen molar-refractivity contribution < 1.29 is 0 Å². The van der Waals surface area contributed by atoms with Gasteiger partial charge in [-0.05, 0) is 36.5 Å². The molecule has 1 heterocycles. The van der Waals surface area contributed by atoms with Gasteiger partial charge in [-0.25, -0.2) is 4.98 Å². The van der Waals surface area contributed by atoms with Crippen LogP contribution >= 0.6 is 12.2 Å². The Hall–Kier alpha value is -1.77. The van der Waals surface area contributed by atoms with E-state index in [0.717, 1.165) is 11.4 Å². The topological polar surface area (TPSA) is 30.2 Å². The summed E-state index contributed by atoms with van der Waals surface area (Å²) in [6, 6.07) is 7.67. The SMILES string of the molecule is S=C=Nc1ccc(-n2ccnc2)cc1. The van der Waals surface area contributed by atoms with E-state index in [1.165, 1.54) is 0 Å². The quantitative estimate of drug-likeness (QED) is 0.552. The largest absolute Gasteiger partial charge is 0.306 e. The number of nitrogens with zero attached hydrogens (tertiary/aromatic N) is 3. The maximum absolute atomic E-state index is 4.51. The highest BCUT2D eigenvalue weighted by molar-refractivity contribution is 7.78. The second-order valence-electron chi connectivity index (χ2n) is 2.69. The Morgan fingerprint density at radius 1 is 1.29 bits per heavy atom. The highest BCUT2D eigenvalue weighted by atomic mass is 32.1. The summed E-state index contributed by atoms with van der Waals surface area (Å²) in [5.41, 5.74) is 1.86. The molecule has 0 aliphatic rings. The molecule has 2 rings (SSSR count). The number of thiocarbonyl (C=S) groups is 1. The van der Waals surface area contributed by atoms with Gasteiger partial charge >= 0.3 is 0 Å². The van der Waals surface area contributed by atoms with Crippen LogP contribution in [0.2, 0.25) is 0 Å². The van der Waals surface area contributed by atoms with E-state index < -0.39 is 0 Å². The first-order chi connectivity index (χ1) is 6.90. The number of benzene rings is 1. The highest BCUT2D eigenvalue weighted by Gasteiger charge is 1.94. The van der Waals surface area contributed by atoms with Crippen LogP contribution in [0.3, 0.4) is 0 Å². The highest BCUT2D eigenvalue weighted by Crippen LogP contribution is 2.14. The van der Waals surface area contributed by atoms with Gasteiger partial charge in [-0.2, -0.15) is 4.99 Å². The van der Waals surface area contributed by atoms with Gasteiger partial charge in [0, 0.05) is 18.1 Å². The summed E-state index contributed by atoms with van der Waals surface area (Å²) in [4.78, 5) is 7.84. The zero-order chi connectivity index (χ0) is 9.80. The number of aliphatic imine (C=N–C) groups is 1. The van der Waals surface area contributed by atoms with E-state index in [2.05, 4.69) is 27.4 Å². The first-order valence-corrected chi connectivity index (χ1v) is 4.47. The van der Waals surface area contributed by atoms with Gasteiger partial charge in [-0.1, -0.05) is 0 Å². The molecule has 0 amide bonds. The molecular formula is C10H7N3S. The minimum Gasteiger partial charge on any atom is -0.306 e. The van der Waals surface area contributed by atoms with Crippen LogP contribution in [0.5, 0.6) is 0 Å². The molecule has 68 valence electrons. The van der Waals surface area contributed by atoms with E-state index in [-0.39, 0.29) is 0 Å². The smallest absolute Gasteiger partial charge is 0.0991 e. The van der Waals surface area contributed by atoms with Crippen molar-refractivity contribution in [3.8, 4) is 5.69 Å². The second-order valence-corrected chi connectivity index (χ2v) is 2.87. The molecule has 0 saturated heterocycles. The summed E-state index contributed by atoms with van der Waals surface area (Å²) in [5, 5.41) is 2.33. The zero-order valence-electron chi connectivity index (χ0n) is 7.29. The Balaban J connectivity index is 2.35. The summed E-state index contributed by atoms with van der Waals surface area (Å²) < 4.78 is 1.92. The molecule has 0 saturated carbocycles. The van der Waals surface area contributed by atoms with Crippen molar-refractivity contribution in [2.24, 2.45) is 4.99 Å². The molecule has 0 unspecified atom stereocenters. The van der Waals surface area contributed by atoms with E-state index in [0.29, 0.717) is 0 Å². The van der Waals surface area contributed by atoms with Gasteiger partial charge in [0.1, 0.15) is 0 Å². The molecule has 1 aromatic heterocycles. The minimum absolute atomic E-state index is 0.809. The van der Waals surface area contributed by atoms with E-state index in [1.807, 2.05) is 35.0 Å². The third-order valence-electron chi connectivity index (χ3n) is 1.83. The van der Waals surface area contributed by atoms with Gasteiger partial charge < -0.3 is 4.57 Å². The van der Waals surface area contributed by atoms with Gasteiger partial charge in [-0.3, -0.25) is 0 Å². The number of hydrogen-bond acceptors (Lipinski definition) is 3. The Bertz CT molecular complexity index is 453. The molecular weight excluding hydrogens is 194 g/mol. The maximum Gasteiger partial charge on any atom is 0.0991 e. The average Bonchev–Trinajstić information content (AvgIpc) is 2.72. The predicted molar refractivity (Wildman–Crippen MR) is 58.3 cm³/mol. The fourth-order valence-electron chi connectivity index (χ4n) is 1.16. The molecule has 0 N–H and O–H groups in total. The van der Waals surface area contributed by atoms with Crippen LogP contribution in [0.4, 0.5) is 5.69 Å². The lowest BCUT2D eigenvalue weighted by Gasteiger charge is -2.00. The minimum atomic E-state index is 0.809. The van der Waals surface area contributed by atoms with Crippen LogP contribution < -0.4 is 0 Å². The van der Waals surface area contributed by atoms with Crippen molar-refractivity contribution in [1.82, 2.24) is 9.55 Å². The molecule has 0 aliphatic heterocycles. The van der Waals surface area contributed by atoms with Crippen LogP contribution in [0.15, 0.2) is 48.0 Å². The van der Waals surface area contributed by atoms with Gasteiger partial charge in [0.05, 0.1) is 17.2 Å². The van der Waals surface area contributed by atoms with E-state index in [1.54, 1.807) is 12.5 Å². The van der Waals surface area contributed by atoms with E-state index >= 15 is 0 Å². The summed E-state index contributed by atoms with van der Waals surface area (Å²) in [6.45, 7) is 0. The predicted octanol–water partition coefficient (Wildman–Crippen LogP) is 2.61. The van der Waals surface area contributed by atoms with Crippen LogP contribution in [-0.4, -0.2) is 14.7 Å². The van der Waals surface area contributed by atoms with Crippen LogP contribution in [0, 0.1) is 0 Å². The fourth-order valence-corrected chi connectivity index (χ4v) is 1.27. The lowest BCUT2D eigenvalue weighted by molar-refractivity contribution is 1.06. The summed E-state index contributed by atoms with van der Waals surface area (Å²) in [5.74, 6) is 0. The van der Waals surface area contributed by atoms with Crippen LogP contribution in [-0.2, 0) is 0 Å². The van der Waals surface area contributed by atoms with Crippen molar-refractivity contribution >= 4 is 23.1 Å². The number of aromatic nitrogens is 2. The molecule has 1 aromatic carbocycles. The summed E-state index contributed by atoms with van der Waals surface area (Å²) >= 11 is 4.51. The Morgan fingerprint density at radius 3 is 2.64 bits per heavy atom. The summed E-state index contributed by atoms with van der Waals surface area (Å²) in [6.07, 6.45) is 5.37. The van der Waals surface area contributed by atoms with Crippen LogP contribution in [0.1, 0.15) is 0 Å². The Morgan fingerprint density at radius 2 is 2.07 bits per heavy atom. The van der Waals surface area contributed by atoms with Gasteiger partial charge in [-0.15, -0.1) is 0 Å². The average molecular weight is 201 g/mol. The first kappa shape index (κ1) is 8.81. The molecule has 0 bridgehead atoms. The second kappa shape index (κ2) is 3.96. The van der Waals surface area contributed by atoms with Gasteiger partial charge in [0.25, 0.3) is 0 Å². The molecule has 3 nitrogen and oxygen atoms in total. The number of hydrogen-bond donors (Lipinski definition) is 0. The molecule has 0 atom stereocenters. The van der Waals surface area contributed by atoms with Gasteiger partial charge in [0.2, 0.25) is 0 Å². The standard InChI is InChI=1S/C10H7N3S/c14-8-12-9-1-3-10(4-2-9)13-6-5-11-7-13/h1-7H. The number of imidazole rings is 1. The Labute approximate surface area is 86.7 Å². The maximum atomic E-state index is 4.51. The molecule has 0 spiro atoms. The monoisotopic (exact) mass is 201 g/mol. The van der Waals surface area contributed by atoms with Crippen molar-refractivity contribution in [1.29, 1.82) is 0 Å². The normalized spacial score (nSPS) is 9.43. The zero-order valence-corrected chi connectivity index (χ0v) is 8.11. The Kier molecular flexibility index (Phi) is 2.49. The third-order valence-corrected chi connectivity index (χ3v) is 1.92. The van der Waals surface area contributed by atoms with Crippen molar-refractivity contribution in [2.45, 2.75) is 0 Å². The lowest BCUT2D eigenvalue weighted by atomic mass is 10.3. The van der Waals surface area contributed by atoms with E-state index in [4.69, 9.17) is 0 Å². The molecule has 0 fully saturated rings. The third kappa shape index (κ3) is 1.76. The van der Waals surface area contributed by atoms with Crippen LogP contribution in [0.25, 0.3) is 5.69 Å². The van der Waals surface area contributed by atoms with Crippen molar-refractivity contribution in [3.05, 3.63) is 43.0 Å². The molecule has 14 heavy (non-hydrogen) atoms. The van der Waals surface area contributed by atoms with E-state index in [9.17, 15) is 0 Å². The molecule has 0 aliphatic carbocycles. The van der Waals surface area contributed by atoms with Gasteiger partial charge in [0.15, 0.2) is 0 Å². The molecule has 0 radical (unpaired) electrons. The fraction of sp³-hybridized carbons (Fsp3) is 0. The van der Waals surface area contributed by atoms with Crippen molar-refractivity contribution in [2.75, 3.05) is 0 Å². The molecule has 4 heteroatoms. The van der Waals surface area contributed by atoms with Crippen molar-refractivity contribution in [3.63, 3.8) is 0 Å². The lowest BCUT2D eigenvalue weighted by Crippen LogP contribution is -1.87. The summed E-state index contributed by atoms with van der Waals surface area (Å²) in [7, 11) is 0.